The van der Waals surface area contributed by atoms with Gasteiger partial charge >= 0.3 is 0 Å². The van der Waals surface area contributed by atoms with E-state index in [-0.39, 0.29) is 23.3 Å². The van der Waals surface area contributed by atoms with Crippen LogP contribution in [0.2, 0.25) is 5.02 Å². The number of carbonyl (C=O) groups is 1. The molecule has 2 heterocycles. The summed E-state index contributed by atoms with van der Waals surface area (Å²) in [5.74, 6) is 0.510. The molecule has 4 rings (SSSR count). The van der Waals surface area contributed by atoms with Crippen molar-refractivity contribution in [3.05, 3.63) is 64.7 Å². The maximum atomic E-state index is 12.9. The maximum absolute atomic E-state index is 12.9. The highest BCUT2D eigenvalue weighted by atomic mass is 35.5. The second-order valence-corrected chi connectivity index (χ2v) is 11.8. The van der Waals surface area contributed by atoms with Gasteiger partial charge in [0.05, 0.1) is 11.4 Å². The van der Waals surface area contributed by atoms with E-state index in [0.717, 1.165) is 25.9 Å². The van der Waals surface area contributed by atoms with E-state index in [2.05, 4.69) is 29.3 Å². The molecule has 184 valence electrons. The summed E-state index contributed by atoms with van der Waals surface area (Å²) in [4.78, 5) is 15.5. The van der Waals surface area contributed by atoms with Gasteiger partial charge in [0.15, 0.2) is 5.78 Å². The van der Waals surface area contributed by atoms with E-state index >= 15 is 0 Å². The lowest BCUT2D eigenvalue weighted by atomic mass is 10.0. The number of sulfonamides is 1. The van der Waals surface area contributed by atoms with Crippen LogP contribution in [0, 0.1) is 5.92 Å². The summed E-state index contributed by atoms with van der Waals surface area (Å²) in [6, 6.07) is 14.5. The average Bonchev–Trinajstić information content (AvgIpc) is 3.37. The second kappa shape index (κ2) is 11.3. The molecule has 0 saturated carbocycles. The summed E-state index contributed by atoms with van der Waals surface area (Å²) in [6.45, 7) is 6.23. The molecule has 1 atom stereocenters. The number of rotatable bonds is 9. The number of nitrogens with zero attached hydrogens (tertiary/aromatic N) is 2. The fraction of sp³-hybridized carbons (Fsp3) is 0.500. The van der Waals surface area contributed by atoms with Gasteiger partial charge in [0.25, 0.3) is 0 Å². The van der Waals surface area contributed by atoms with E-state index in [4.69, 9.17) is 11.6 Å². The molecule has 2 aromatic rings. The van der Waals surface area contributed by atoms with Crippen molar-refractivity contribution in [2.24, 2.45) is 5.92 Å². The molecular weight excluding hydrogens is 470 g/mol. The number of carbonyl (C=O) groups excluding carboxylic acids is 1. The molecule has 0 aliphatic carbocycles. The highest BCUT2D eigenvalue weighted by Crippen LogP contribution is 2.26. The minimum Gasteiger partial charge on any atom is -0.308 e. The van der Waals surface area contributed by atoms with E-state index in [1.165, 1.54) is 18.4 Å². The minimum absolute atomic E-state index is 0.0491. The Morgan fingerprint density at radius 1 is 1.00 bits per heavy atom. The molecule has 6 nitrogen and oxygen atoms in total. The molecule has 2 aromatic carbocycles. The number of halogens is 1. The van der Waals surface area contributed by atoms with Crippen LogP contribution in [-0.4, -0.2) is 62.7 Å². The second-order valence-electron chi connectivity index (χ2n) is 9.48. The van der Waals surface area contributed by atoms with Gasteiger partial charge in [0.2, 0.25) is 10.0 Å². The van der Waals surface area contributed by atoms with Crippen molar-refractivity contribution >= 4 is 27.4 Å². The molecule has 2 aliphatic heterocycles. The number of nitrogens with one attached hydrogen (secondary N) is 1. The van der Waals surface area contributed by atoms with Crippen molar-refractivity contribution in [2.75, 3.05) is 39.3 Å². The van der Waals surface area contributed by atoms with E-state index in [9.17, 15) is 13.2 Å². The Morgan fingerprint density at radius 2 is 1.62 bits per heavy atom. The van der Waals surface area contributed by atoms with Crippen LogP contribution in [0.1, 0.15) is 54.6 Å². The van der Waals surface area contributed by atoms with Crippen LogP contribution in [0.15, 0.2) is 53.4 Å². The van der Waals surface area contributed by atoms with Crippen LogP contribution in [-0.2, 0) is 10.0 Å². The Balaban J connectivity index is 1.35. The lowest BCUT2D eigenvalue weighted by Crippen LogP contribution is -2.37. The molecule has 0 radical (unpaired) electrons. The molecule has 0 aromatic heterocycles. The zero-order valence-corrected chi connectivity index (χ0v) is 21.3. The Labute approximate surface area is 208 Å². The van der Waals surface area contributed by atoms with Gasteiger partial charge in [-0.15, -0.1) is 0 Å². The van der Waals surface area contributed by atoms with E-state index in [1.54, 1.807) is 28.6 Å². The zero-order chi connectivity index (χ0) is 24.1. The van der Waals surface area contributed by atoms with E-state index < -0.39 is 10.0 Å². The fourth-order valence-corrected chi connectivity index (χ4v) is 6.40. The SMILES string of the molecule is CC1CCN(S(=O)(=O)c2ccc(C(=O)CNCC(c3ccc(Cl)cc3)N3CCCC3)cc2)CC1. The predicted molar refractivity (Wildman–Crippen MR) is 136 cm³/mol. The summed E-state index contributed by atoms with van der Waals surface area (Å²) in [5, 5.41) is 4.04. The first-order chi connectivity index (χ1) is 16.3. The van der Waals surface area contributed by atoms with Gasteiger partial charge in [-0.1, -0.05) is 42.8 Å². The first kappa shape index (κ1) is 25.3. The van der Waals surface area contributed by atoms with Crippen molar-refractivity contribution in [3.63, 3.8) is 0 Å². The first-order valence-corrected chi connectivity index (χ1v) is 14.0. The average molecular weight is 504 g/mol. The van der Waals surface area contributed by atoms with Crippen molar-refractivity contribution in [3.8, 4) is 0 Å². The Hall–Kier alpha value is -1.77. The van der Waals surface area contributed by atoms with Crippen molar-refractivity contribution in [1.29, 1.82) is 0 Å². The number of ketones is 1. The summed E-state index contributed by atoms with van der Waals surface area (Å²) >= 11 is 6.06. The smallest absolute Gasteiger partial charge is 0.243 e. The molecule has 0 bridgehead atoms. The van der Waals surface area contributed by atoms with Gasteiger partial charge in [-0.05, 0) is 74.5 Å². The zero-order valence-electron chi connectivity index (χ0n) is 19.7. The van der Waals surface area contributed by atoms with Crippen LogP contribution >= 0.6 is 11.6 Å². The Bertz CT molecular complexity index is 1060. The molecular formula is C26H34ClN3O3S. The quantitative estimate of drug-likeness (QED) is 0.514. The van der Waals surface area contributed by atoms with Gasteiger partial charge < -0.3 is 5.32 Å². The molecule has 2 aliphatic rings. The van der Waals surface area contributed by atoms with Crippen LogP contribution in [0.4, 0.5) is 0 Å². The van der Waals surface area contributed by atoms with Crippen molar-refractivity contribution in [2.45, 2.75) is 43.5 Å². The largest absolute Gasteiger partial charge is 0.308 e. The summed E-state index contributed by atoms with van der Waals surface area (Å²) in [6.07, 6.45) is 4.15. The van der Waals surface area contributed by atoms with Gasteiger partial charge in [-0.25, -0.2) is 8.42 Å². The molecule has 0 spiro atoms. The number of hydrogen-bond acceptors (Lipinski definition) is 5. The summed E-state index contributed by atoms with van der Waals surface area (Å²) < 4.78 is 27.4. The number of Topliss-reactive ketones (excluding diaryl/α,β-unsaturated/α-hetero) is 1. The lowest BCUT2D eigenvalue weighted by molar-refractivity contribution is 0.0987. The third-order valence-electron chi connectivity index (χ3n) is 7.02. The van der Waals surface area contributed by atoms with Gasteiger partial charge in [-0.2, -0.15) is 4.31 Å². The van der Waals surface area contributed by atoms with Crippen molar-refractivity contribution < 1.29 is 13.2 Å². The normalized spacial score (nSPS) is 19.4. The highest BCUT2D eigenvalue weighted by molar-refractivity contribution is 7.89. The molecule has 1 N–H and O–H groups in total. The number of likely N-dealkylation sites (tertiary alicyclic amines) is 1. The Morgan fingerprint density at radius 3 is 2.24 bits per heavy atom. The monoisotopic (exact) mass is 503 g/mol. The van der Waals surface area contributed by atoms with Crippen LogP contribution in [0.25, 0.3) is 0 Å². The summed E-state index contributed by atoms with van der Waals surface area (Å²) in [7, 11) is -3.51. The molecule has 2 saturated heterocycles. The number of piperidine rings is 1. The third kappa shape index (κ3) is 6.07. The third-order valence-corrected chi connectivity index (χ3v) is 9.18. The van der Waals surface area contributed by atoms with Crippen LogP contribution in [0.3, 0.4) is 0 Å². The number of hydrogen-bond donors (Lipinski definition) is 1. The van der Waals surface area contributed by atoms with Gasteiger partial charge in [0.1, 0.15) is 0 Å². The standard InChI is InChI=1S/C26H34ClN3O3S/c1-20-12-16-30(17-13-20)34(32,33)24-10-6-22(7-11-24)26(31)19-28-18-25(29-14-2-3-15-29)21-4-8-23(27)9-5-21/h4-11,20,25,28H,2-3,12-19H2,1H3. The maximum Gasteiger partial charge on any atom is 0.243 e. The first-order valence-electron chi connectivity index (χ1n) is 12.2. The van der Waals surface area contributed by atoms with Gasteiger partial charge in [-0.3, -0.25) is 9.69 Å². The Kier molecular flexibility index (Phi) is 8.43. The van der Waals surface area contributed by atoms with E-state index in [1.807, 2.05) is 12.1 Å². The van der Waals surface area contributed by atoms with Crippen LogP contribution in [0.5, 0.6) is 0 Å². The highest BCUT2D eigenvalue weighted by Gasteiger charge is 2.28. The molecule has 34 heavy (non-hydrogen) atoms. The minimum atomic E-state index is -3.51. The van der Waals surface area contributed by atoms with Gasteiger partial charge in [0, 0.05) is 36.3 Å². The van der Waals surface area contributed by atoms with Crippen LogP contribution < -0.4 is 5.32 Å². The molecule has 2 fully saturated rings. The number of benzene rings is 2. The van der Waals surface area contributed by atoms with Crippen molar-refractivity contribution in [1.82, 2.24) is 14.5 Å². The summed E-state index contributed by atoms with van der Waals surface area (Å²) in [5.41, 5.74) is 1.70. The fourth-order valence-electron chi connectivity index (χ4n) is 4.81. The topological polar surface area (TPSA) is 69.7 Å². The molecule has 1 unspecified atom stereocenters. The predicted octanol–water partition coefficient (Wildman–Crippen LogP) is 4.37. The van der Waals surface area contributed by atoms with E-state index in [0.29, 0.717) is 36.1 Å². The molecule has 0 amide bonds. The molecule has 8 heteroatoms. The lowest BCUT2D eigenvalue weighted by Gasteiger charge is -2.29.